The molecule has 2 aromatic rings. The predicted octanol–water partition coefficient (Wildman–Crippen LogP) is 4.70. The fourth-order valence-corrected chi connectivity index (χ4v) is 2.65. The Kier molecular flexibility index (Phi) is 8.16. The van der Waals surface area contributed by atoms with Gasteiger partial charge in [-0.05, 0) is 48.6 Å². The molecule has 0 aliphatic heterocycles. The fraction of sp³-hybridized carbons (Fsp3) is 0.364. The van der Waals surface area contributed by atoms with E-state index in [9.17, 15) is 4.79 Å². The fourth-order valence-electron chi connectivity index (χ4n) is 2.65. The van der Waals surface area contributed by atoms with Gasteiger partial charge in [-0.2, -0.15) is 5.26 Å². The zero-order chi connectivity index (χ0) is 20.4. The van der Waals surface area contributed by atoms with Gasteiger partial charge in [0, 0.05) is 18.3 Å². The van der Waals surface area contributed by atoms with E-state index in [4.69, 9.17) is 14.7 Å². The average Bonchev–Trinajstić information content (AvgIpc) is 2.70. The molecule has 0 aliphatic carbocycles. The molecule has 0 fully saturated rings. The van der Waals surface area contributed by atoms with E-state index in [-0.39, 0.29) is 6.03 Å². The van der Waals surface area contributed by atoms with Crippen molar-refractivity contribution in [2.75, 3.05) is 19.0 Å². The molecule has 0 saturated heterocycles. The molecule has 2 rings (SSSR count). The van der Waals surface area contributed by atoms with Crippen LogP contribution >= 0.6 is 0 Å². The van der Waals surface area contributed by atoms with Crippen molar-refractivity contribution in [3.63, 3.8) is 0 Å². The highest BCUT2D eigenvalue weighted by Gasteiger charge is 2.09. The minimum atomic E-state index is -0.335. The number of ether oxygens (including phenoxy) is 2. The van der Waals surface area contributed by atoms with Crippen LogP contribution in [0.25, 0.3) is 0 Å². The lowest BCUT2D eigenvalue weighted by Crippen LogP contribution is -2.28. The zero-order valence-electron chi connectivity index (χ0n) is 16.6. The van der Waals surface area contributed by atoms with Gasteiger partial charge in [0.2, 0.25) is 0 Å². The zero-order valence-corrected chi connectivity index (χ0v) is 16.6. The van der Waals surface area contributed by atoms with Crippen molar-refractivity contribution in [3.05, 3.63) is 53.6 Å². The topological polar surface area (TPSA) is 83.4 Å². The normalized spacial score (nSPS) is 10.2. The Balaban J connectivity index is 1.92. The minimum Gasteiger partial charge on any atom is -0.493 e. The summed E-state index contributed by atoms with van der Waals surface area (Å²) in [5.74, 6) is 1.87. The van der Waals surface area contributed by atoms with Crippen molar-refractivity contribution in [3.8, 4) is 17.6 Å². The lowest BCUT2D eigenvalue weighted by atomic mass is 10.1. The molecular formula is C22H27N3O3. The van der Waals surface area contributed by atoms with Gasteiger partial charge < -0.3 is 20.1 Å². The number of hydrogen-bond acceptors (Lipinski definition) is 4. The second-order valence-electron chi connectivity index (χ2n) is 6.87. The Bertz CT molecular complexity index is 828. The molecule has 0 atom stereocenters. The summed E-state index contributed by atoms with van der Waals surface area (Å²) < 4.78 is 11.2. The molecule has 0 radical (unpaired) electrons. The van der Waals surface area contributed by atoms with Crippen LogP contribution in [0.15, 0.2) is 42.5 Å². The molecule has 2 aromatic carbocycles. The molecule has 0 aromatic heterocycles. The monoisotopic (exact) mass is 381 g/mol. The maximum absolute atomic E-state index is 12.2. The van der Waals surface area contributed by atoms with Gasteiger partial charge in [0.25, 0.3) is 0 Å². The van der Waals surface area contributed by atoms with E-state index >= 15 is 0 Å². The number of urea groups is 1. The molecule has 0 saturated carbocycles. The van der Waals surface area contributed by atoms with Gasteiger partial charge in [-0.25, -0.2) is 4.79 Å². The third-order valence-corrected chi connectivity index (χ3v) is 4.11. The number of carbonyl (C=O) groups is 1. The summed E-state index contributed by atoms with van der Waals surface area (Å²) in [6.45, 7) is 5.29. The number of carbonyl (C=O) groups excluding carboxylic acids is 1. The van der Waals surface area contributed by atoms with E-state index in [0.29, 0.717) is 41.8 Å². The first-order chi connectivity index (χ1) is 13.5. The summed E-state index contributed by atoms with van der Waals surface area (Å²) in [6.07, 6.45) is 2.05. The van der Waals surface area contributed by atoms with Crippen LogP contribution in [0.5, 0.6) is 11.5 Å². The maximum Gasteiger partial charge on any atom is 0.319 e. The lowest BCUT2D eigenvalue weighted by molar-refractivity contribution is 0.251. The van der Waals surface area contributed by atoms with Gasteiger partial charge in [-0.15, -0.1) is 0 Å². The lowest BCUT2D eigenvalue weighted by Gasteiger charge is -2.14. The Morgan fingerprint density at radius 2 is 2.00 bits per heavy atom. The Morgan fingerprint density at radius 1 is 1.18 bits per heavy atom. The first kappa shape index (κ1) is 21.1. The van der Waals surface area contributed by atoms with Crippen molar-refractivity contribution in [1.29, 1.82) is 5.26 Å². The minimum absolute atomic E-state index is 0.329. The average molecular weight is 381 g/mol. The predicted molar refractivity (Wildman–Crippen MR) is 110 cm³/mol. The number of methoxy groups -OCH3 is 1. The van der Waals surface area contributed by atoms with E-state index < -0.39 is 0 Å². The Labute approximate surface area is 166 Å². The molecule has 148 valence electrons. The number of anilines is 1. The molecule has 6 nitrogen and oxygen atoms in total. The second-order valence-corrected chi connectivity index (χ2v) is 6.87. The van der Waals surface area contributed by atoms with E-state index in [1.54, 1.807) is 43.5 Å². The van der Waals surface area contributed by atoms with Crippen molar-refractivity contribution in [1.82, 2.24) is 5.32 Å². The van der Waals surface area contributed by atoms with Crippen LogP contribution in [-0.4, -0.2) is 19.7 Å². The Hall–Kier alpha value is -3.20. The highest BCUT2D eigenvalue weighted by atomic mass is 16.5. The summed E-state index contributed by atoms with van der Waals surface area (Å²) in [4.78, 5) is 12.2. The third-order valence-electron chi connectivity index (χ3n) is 4.11. The first-order valence-corrected chi connectivity index (χ1v) is 9.36. The van der Waals surface area contributed by atoms with Gasteiger partial charge in [0.05, 0.1) is 25.3 Å². The highest BCUT2D eigenvalue weighted by Crippen LogP contribution is 2.30. The van der Waals surface area contributed by atoms with Gasteiger partial charge >= 0.3 is 6.03 Å². The van der Waals surface area contributed by atoms with Crippen molar-refractivity contribution in [2.24, 2.45) is 5.92 Å². The largest absolute Gasteiger partial charge is 0.493 e. The molecular weight excluding hydrogens is 354 g/mol. The van der Waals surface area contributed by atoms with E-state index in [1.165, 1.54) is 0 Å². The Morgan fingerprint density at radius 3 is 2.71 bits per heavy atom. The quantitative estimate of drug-likeness (QED) is 0.617. The number of hydrogen-bond donors (Lipinski definition) is 2. The molecule has 2 amide bonds. The summed E-state index contributed by atoms with van der Waals surface area (Å²) in [7, 11) is 1.59. The van der Waals surface area contributed by atoms with Crippen LogP contribution in [0.1, 0.15) is 37.8 Å². The number of benzene rings is 2. The van der Waals surface area contributed by atoms with E-state index in [0.717, 1.165) is 18.4 Å². The van der Waals surface area contributed by atoms with Crippen molar-refractivity contribution < 1.29 is 14.3 Å². The van der Waals surface area contributed by atoms with Gasteiger partial charge in [-0.1, -0.05) is 26.0 Å². The van der Waals surface area contributed by atoms with Crippen LogP contribution in [0, 0.1) is 17.2 Å². The molecule has 0 bridgehead atoms. The summed E-state index contributed by atoms with van der Waals surface area (Å²) in [6, 6.07) is 14.2. The van der Waals surface area contributed by atoms with Crippen molar-refractivity contribution in [2.45, 2.75) is 33.2 Å². The van der Waals surface area contributed by atoms with Crippen LogP contribution in [0.2, 0.25) is 0 Å². The molecule has 28 heavy (non-hydrogen) atoms. The standard InChI is InChI=1S/C22H27N3O3/c1-16(2)6-5-11-28-21-13-19(9-10-20(21)27-3)25-22(26)24-15-18-8-4-7-17(12-18)14-23/h4,7-10,12-13,16H,5-6,11,15H2,1-3H3,(H2,24,25,26). The smallest absolute Gasteiger partial charge is 0.319 e. The molecule has 0 unspecified atom stereocenters. The number of nitrogens with one attached hydrogen (secondary N) is 2. The summed E-state index contributed by atoms with van der Waals surface area (Å²) in [5, 5.41) is 14.5. The number of nitriles is 1. The van der Waals surface area contributed by atoms with Gasteiger partial charge in [-0.3, -0.25) is 0 Å². The maximum atomic E-state index is 12.2. The second kappa shape index (κ2) is 10.8. The summed E-state index contributed by atoms with van der Waals surface area (Å²) in [5.41, 5.74) is 2.04. The van der Waals surface area contributed by atoms with Crippen molar-refractivity contribution >= 4 is 11.7 Å². The number of rotatable bonds is 9. The highest BCUT2D eigenvalue weighted by molar-refractivity contribution is 5.89. The third kappa shape index (κ3) is 6.84. The summed E-state index contributed by atoms with van der Waals surface area (Å²) >= 11 is 0. The number of amides is 2. The van der Waals surface area contributed by atoms with Crippen LogP contribution in [-0.2, 0) is 6.54 Å². The first-order valence-electron chi connectivity index (χ1n) is 9.36. The van der Waals surface area contributed by atoms with E-state index in [2.05, 4.69) is 30.6 Å². The molecule has 0 heterocycles. The molecule has 2 N–H and O–H groups in total. The van der Waals surface area contributed by atoms with Crippen LogP contribution in [0.4, 0.5) is 10.5 Å². The van der Waals surface area contributed by atoms with Crippen LogP contribution < -0.4 is 20.1 Å². The number of nitrogens with zero attached hydrogens (tertiary/aromatic N) is 1. The van der Waals surface area contributed by atoms with Gasteiger partial charge in [0.15, 0.2) is 11.5 Å². The van der Waals surface area contributed by atoms with Gasteiger partial charge in [0.1, 0.15) is 0 Å². The molecule has 6 heteroatoms. The molecule has 0 aliphatic rings. The SMILES string of the molecule is COc1ccc(NC(=O)NCc2cccc(C#N)c2)cc1OCCCC(C)C. The van der Waals surface area contributed by atoms with Crippen LogP contribution in [0.3, 0.4) is 0 Å². The molecule has 0 spiro atoms. The van der Waals surface area contributed by atoms with E-state index in [1.807, 2.05) is 6.07 Å².